The van der Waals surface area contributed by atoms with E-state index < -0.39 is 0 Å². The molecule has 2 aromatic carbocycles. The molecule has 0 atom stereocenters. The van der Waals surface area contributed by atoms with Crippen LogP contribution in [0.3, 0.4) is 0 Å². The van der Waals surface area contributed by atoms with Crippen LogP contribution in [0.15, 0.2) is 59.7 Å². The van der Waals surface area contributed by atoms with Gasteiger partial charge in [0.25, 0.3) is 0 Å². The molecule has 0 saturated heterocycles. The molecule has 4 rings (SSSR count). The number of benzene rings is 2. The fraction of sp³-hybridized carbons (Fsp3) is 0.0556. The van der Waals surface area contributed by atoms with Crippen molar-refractivity contribution < 1.29 is 4.39 Å². The van der Waals surface area contributed by atoms with E-state index in [1.807, 2.05) is 24.3 Å². The first-order chi connectivity index (χ1) is 11.2. The van der Waals surface area contributed by atoms with Crippen molar-refractivity contribution in [2.45, 2.75) is 6.54 Å². The second-order valence-corrected chi connectivity index (χ2v) is 5.54. The SMILES string of the molecule is Fc1ccccc1C1=NCc2cnc(Cl)nc2-c2ccccc21. The summed E-state index contributed by atoms with van der Waals surface area (Å²) in [6, 6.07) is 14.3. The summed E-state index contributed by atoms with van der Waals surface area (Å²) >= 11 is 5.96. The maximum absolute atomic E-state index is 14.3. The van der Waals surface area contributed by atoms with Crippen LogP contribution in [0.5, 0.6) is 0 Å². The summed E-state index contributed by atoms with van der Waals surface area (Å²) in [7, 11) is 0. The topological polar surface area (TPSA) is 38.1 Å². The number of fused-ring (bicyclic) bond motifs is 3. The zero-order valence-corrected chi connectivity index (χ0v) is 12.8. The molecular weight excluding hydrogens is 313 g/mol. The van der Waals surface area contributed by atoms with E-state index in [1.54, 1.807) is 24.4 Å². The molecule has 0 radical (unpaired) electrons. The highest BCUT2D eigenvalue weighted by atomic mass is 35.5. The van der Waals surface area contributed by atoms with Crippen LogP contribution in [0.25, 0.3) is 11.3 Å². The molecule has 0 saturated carbocycles. The molecule has 1 aliphatic heterocycles. The summed E-state index contributed by atoms with van der Waals surface area (Å²) in [5.74, 6) is -0.295. The average Bonchev–Trinajstić information content (AvgIpc) is 2.73. The molecule has 0 N–H and O–H groups in total. The van der Waals surface area contributed by atoms with Crippen molar-refractivity contribution in [2.24, 2.45) is 4.99 Å². The molecule has 3 aromatic rings. The predicted octanol–water partition coefficient (Wildman–Crippen LogP) is 4.29. The molecule has 1 aliphatic rings. The Balaban J connectivity index is 2.00. The summed E-state index contributed by atoms with van der Waals surface area (Å²) in [6.07, 6.45) is 1.68. The van der Waals surface area contributed by atoms with Gasteiger partial charge < -0.3 is 0 Å². The van der Waals surface area contributed by atoms with Crippen LogP contribution in [0, 0.1) is 5.82 Å². The maximum Gasteiger partial charge on any atom is 0.222 e. The second kappa shape index (κ2) is 5.56. The van der Waals surface area contributed by atoms with E-state index in [0.717, 1.165) is 22.4 Å². The Morgan fingerprint density at radius 1 is 0.913 bits per heavy atom. The molecule has 23 heavy (non-hydrogen) atoms. The van der Waals surface area contributed by atoms with E-state index >= 15 is 0 Å². The fourth-order valence-electron chi connectivity index (χ4n) is 2.76. The summed E-state index contributed by atoms with van der Waals surface area (Å²) in [5, 5.41) is 0.188. The first-order valence-electron chi connectivity index (χ1n) is 7.14. The Bertz CT molecular complexity index is 937. The van der Waals surface area contributed by atoms with E-state index in [1.165, 1.54) is 6.07 Å². The molecule has 0 fully saturated rings. The van der Waals surface area contributed by atoms with Gasteiger partial charge in [0.2, 0.25) is 5.28 Å². The number of aromatic nitrogens is 2. The van der Waals surface area contributed by atoms with Gasteiger partial charge >= 0.3 is 0 Å². The van der Waals surface area contributed by atoms with Gasteiger partial charge in [-0.15, -0.1) is 0 Å². The smallest absolute Gasteiger partial charge is 0.222 e. The maximum atomic E-state index is 14.3. The number of aliphatic imine (C=N–C) groups is 1. The van der Waals surface area contributed by atoms with Crippen molar-refractivity contribution in [1.29, 1.82) is 0 Å². The van der Waals surface area contributed by atoms with Crippen molar-refractivity contribution >= 4 is 17.3 Å². The van der Waals surface area contributed by atoms with Crippen LogP contribution in [-0.4, -0.2) is 15.7 Å². The molecule has 3 nitrogen and oxygen atoms in total. The minimum Gasteiger partial charge on any atom is -0.279 e. The molecule has 0 bridgehead atoms. The normalized spacial score (nSPS) is 12.9. The summed E-state index contributed by atoms with van der Waals surface area (Å²) in [5.41, 5.74) is 4.43. The van der Waals surface area contributed by atoms with Crippen LogP contribution in [0.4, 0.5) is 4.39 Å². The Morgan fingerprint density at radius 3 is 2.39 bits per heavy atom. The Kier molecular flexibility index (Phi) is 3.39. The third-order valence-electron chi connectivity index (χ3n) is 3.81. The highest BCUT2D eigenvalue weighted by molar-refractivity contribution is 6.28. The lowest BCUT2D eigenvalue weighted by Crippen LogP contribution is -2.07. The molecule has 1 aromatic heterocycles. The summed E-state index contributed by atoms with van der Waals surface area (Å²) < 4.78 is 14.3. The molecule has 0 spiro atoms. The van der Waals surface area contributed by atoms with E-state index in [-0.39, 0.29) is 11.1 Å². The van der Waals surface area contributed by atoms with Gasteiger partial charge in [0.1, 0.15) is 5.82 Å². The molecule has 112 valence electrons. The minimum atomic E-state index is -0.295. The number of rotatable bonds is 1. The lowest BCUT2D eigenvalue weighted by molar-refractivity contribution is 0.625. The van der Waals surface area contributed by atoms with Gasteiger partial charge in [0, 0.05) is 28.5 Å². The lowest BCUT2D eigenvalue weighted by atomic mass is 9.95. The third-order valence-corrected chi connectivity index (χ3v) is 3.99. The van der Waals surface area contributed by atoms with Crippen molar-refractivity contribution in [1.82, 2.24) is 9.97 Å². The van der Waals surface area contributed by atoms with Crippen LogP contribution in [0.1, 0.15) is 16.7 Å². The number of hydrogen-bond donors (Lipinski definition) is 0. The summed E-state index contributed by atoms with van der Waals surface area (Å²) in [4.78, 5) is 13.0. The average molecular weight is 324 g/mol. The van der Waals surface area contributed by atoms with Crippen LogP contribution in [0.2, 0.25) is 5.28 Å². The molecule has 0 unspecified atom stereocenters. The Morgan fingerprint density at radius 2 is 1.61 bits per heavy atom. The van der Waals surface area contributed by atoms with Crippen molar-refractivity contribution in [2.75, 3.05) is 0 Å². The van der Waals surface area contributed by atoms with Crippen LogP contribution < -0.4 is 0 Å². The largest absolute Gasteiger partial charge is 0.279 e. The number of hydrogen-bond acceptors (Lipinski definition) is 3. The van der Waals surface area contributed by atoms with E-state index in [4.69, 9.17) is 11.6 Å². The predicted molar refractivity (Wildman–Crippen MR) is 88.2 cm³/mol. The quantitative estimate of drug-likeness (QED) is 0.627. The second-order valence-electron chi connectivity index (χ2n) is 5.20. The van der Waals surface area contributed by atoms with Crippen molar-refractivity contribution in [3.63, 3.8) is 0 Å². The molecule has 0 amide bonds. The van der Waals surface area contributed by atoms with Crippen LogP contribution in [-0.2, 0) is 6.54 Å². The Labute approximate surface area is 137 Å². The molecule has 0 aliphatic carbocycles. The van der Waals surface area contributed by atoms with Gasteiger partial charge in [-0.25, -0.2) is 14.4 Å². The fourth-order valence-corrected chi connectivity index (χ4v) is 2.90. The zero-order chi connectivity index (χ0) is 15.8. The van der Waals surface area contributed by atoms with Gasteiger partial charge in [-0.1, -0.05) is 36.4 Å². The minimum absolute atomic E-state index is 0.188. The first kappa shape index (κ1) is 14.0. The molecule has 2 heterocycles. The Hall–Kier alpha value is -2.59. The zero-order valence-electron chi connectivity index (χ0n) is 12.0. The highest BCUT2D eigenvalue weighted by Gasteiger charge is 2.21. The highest BCUT2D eigenvalue weighted by Crippen LogP contribution is 2.31. The van der Waals surface area contributed by atoms with Gasteiger partial charge in [0.15, 0.2) is 0 Å². The number of halogens is 2. The summed E-state index contributed by atoms with van der Waals surface area (Å²) in [6.45, 7) is 0.380. The van der Waals surface area contributed by atoms with E-state index in [9.17, 15) is 4.39 Å². The number of nitrogens with zero attached hydrogens (tertiary/aromatic N) is 3. The van der Waals surface area contributed by atoms with Crippen molar-refractivity contribution in [3.8, 4) is 11.3 Å². The molecule has 5 heteroatoms. The third kappa shape index (κ3) is 2.41. The first-order valence-corrected chi connectivity index (χ1v) is 7.52. The van der Waals surface area contributed by atoms with Gasteiger partial charge in [-0.05, 0) is 23.7 Å². The standard InChI is InChI=1S/C18H11ClFN3/c19-18-22-10-11-9-21-17(14-7-3-4-8-15(14)20)13-6-2-1-5-12(13)16(11)23-18/h1-8,10H,9H2. The lowest BCUT2D eigenvalue weighted by Gasteiger charge is -2.11. The molecular formula is C18H11ClFN3. The van der Waals surface area contributed by atoms with E-state index in [0.29, 0.717) is 17.8 Å². The monoisotopic (exact) mass is 323 g/mol. The van der Waals surface area contributed by atoms with Crippen LogP contribution >= 0.6 is 11.6 Å². The van der Waals surface area contributed by atoms with Crippen molar-refractivity contribution in [3.05, 3.63) is 82.5 Å². The van der Waals surface area contributed by atoms with E-state index in [2.05, 4.69) is 15.0 Å². The van der Waals surface area contributed by atoms with Gasteiger partial charge in [-0.2, -0.15) is 0 Å². The van der Waals surface area contributed by atoms with Gasteiger partial charge in [0.05, 0.1) is 18.0 Å². The van der Waals surface area contributed by atoms with Gasteiger partial charge in [-0.3, -0.25) is 4.99 Å².